The lowest BCUT2D eigenvalue weighted by Crippen LogP contribution is -2.17. The first-order valence-electron chi connectivity index (χ1n) is 7.25. The molecule has 0 amide bonds. The van der Waals surface area contributed by atoms with Crippen molar-refractivity contribution in [3.63, 3.8) is 0 Å². The molecule has 1 heterocycles. The Morgan fingerprint density at radius 1 is 0.920 bits per heavy atom. The van der Waals surface area contributed by atoms with Crippen LogP contribution in [0.5, 0.6) is 5.75 Å². The van der Waals surface area contributed by atoms with Crippen molar-refractivity contribution in [2.75, 3.05) is 5.73 Å². The Morgan fingerprint density at radius 2 is 1.64 bits per heavy atom. The predicted octanol–water partition coefficient (Wildman–Crippen LogP) is 3.99. The lowest BCUT2D eigenvalue weighted by atomic mass is 10.0. The van der Waals surface area contributed by atoms with Crippen molar-refractivity contribution in [2.24, 2.45) is 0 Å². The van der Waals surface area contributed by atoms with E-state index in [0.717, 1.165) is 5.56 Å². The first-order valence-corrected chi connectivity index (χ1v) is 7.25. The number of nitrogens with two attached hydrogens (primary N) is 1. The van der Waals surface area contributed by atoms with Gasteiger partial charge in [0.1, 0.15) is 17.1 Å². The number of benzene rings is 2. The first kappa shape index (κ1) is 16.7. The monoisotopic (exact) mass is 346 g/mol. The zero-order valence-corrected chi connectivity index (χ0v) is 13.1. The molecule has 0 fully saturated rings. The second kappa shape index (κ2) is 6.39. The largest absolute Gasteiger partial charge is 0.573 e. The molecule has 0 aliphatic heterocycles. The van der Waals surface area contributed by atoms with Gasteiger partial charge < -0.3 is 10.5 Å². The average molecular weight is 346 g/mol. The molecule has 0 atom stereocenters. The number of halogens is 3. The third kappa shape index (κ3) is 4.03. The van der Waals surface area contributed by atoms with E-state index in [1.165, 1.54) is 12.1 Å². The number of alkyl halides is 3. The molecule has 3 aromatic rings. The summed E-state index contributed by atoms with van der Waals surface area (Å²) < 4.78 is 41.6. The average Bonchev–Trinajstić information content (AvgIpc) is 2.53. The molecule has 0 spiro atoms. The molecule has 0 unspecified atom stereocenters. The quantitative estimate of drug-likeness (QED) is 0.776. The number of aromatic nitrogens is 3. The fourth-order valence-corrected chi connectivity index (χ4v) is 2.41. The smallest absolute Gasteiger partial charge is 0.406 e. The van der Waals surface area contributed by atoms with E-state index < -0.39 is 6.36 Å². The van der Waals surface area contributed by atoms with Crippen LogP contribution in [0, 0.1) is 6.92 Å². The van der Waals surface area contributed by atoms with Gasteiger partial charge in [-0.3, -0.25) is 0 Å². The summed E-state index contributed by atoms with van der Waals surface area (Å²) in [6.07, 6.45) is -4.78. The Kier molecular flexibility index (Phi) is 4.26. The molecule has 0 radical (unpaired) electrons. The number of nitrogens with zero attached hydrogens (tertiary/aromatic N) is 3. The van der Waals surface area contributed by atoms with Crippen molar-refractivity contribution in [1.29, 1.82) is 0 Å². The summed E-state index contributed by atoms with van der Waals surface area (Å²) in [5.41, 5.74) is 8.07. The van der Waals surface area contributed by atoms with Crippen molar-refractivity contribution in [1.82, 2.24) is 15.2 Å². The van der Waals surface area contributed by atoms with Gasteiger partial charge in [-0.25, -0.2) is 4.98 Å². The highest BCUT2D eigenvalue weighted by Crippen LogP contribution is 2.33. The minimum atomic E-state index is -4.78. The first-order chi connectivity index (χ1) is 11.8. The molecule has 0 saturated heterocycles. The number of hydrogen-bond donors (Lipinski definition) is 1. The van der Waals surface area contributed by atoms with Crippen LogP contribution >= 0.6 is 0 Å². The molecular formula is C17H13F3N4O. The molecule has 0 bridgehead atoms. The van der Waals surface area contributed by atoms with Gasteiger partial charge in [-0.1, -0.05) is 30.3 Å². The number of hydrogen-bond acceptors (Lipinski definition) is 5. The van der Waals surface area contributed by atoms with Crippen molar-refractivity contribution in [2.45, 2.75) is 13.3 Å². The summed E-state index contributed by atoms with van der Waals surface area (Å²) in [5.74, 6) is -0.359. The fraction of sp³-hybridized carbons (Fsp3) is 0.118. The van der Waals surface area contributed by atoms with Crippen LogP contribution < -0.4 is 10.5 Å². The van der Waals surface area contributed by atoms with E-state index in [-0.39, 0.29) is 11.7 Å². The molecule has 128 valence electrons. The van der Waals surface area contributed by atoms with Gasteiger partial charge >= 0.3 is 6.36 Å². The third-order valence-corrected chi connectivity index (χ3v) is 3.31. The molecule has 2 aromatic carbocycles. The van der Waals surface area contributed by atoms with Gasteiger partial charge in [0.05, 0.1) is 0 Å². The Morgan fingerprint density at radius 3 is 2.32 bits per heavy atom. The summed E-state index contributed by atoms with van der Waals surface area (Å²) >= 11 is 0. The lowest BCUT2D eigenvalue weighted by Gasteiger charge is -2.13. The van der Waals surface area contributed by atoms with E-state index in [4.69, 9.17) is 5.73 Å². The Hall–Kier alpha value is -3.16. The van der Waals surface area contributed by atoms with Crippen LogP contribution in [0.3, 0.4) is 0 Å². The van der Waals surface area contributed by atoms with Crippen molar-refractivity contribution in [3.8, 4) is 28.3 Å². The van der Waals surface area contributed by atoms with E-state index >= 15 is 0 Å². The Balaban J connectivity index is 2.14. The summed E-state index contributed by atoms with van der Waals surface area (Å²) in [6, 6.07) is 13.3. The molecule has 1 aromatic heterocycles. The minimum Gasteiger partial charge on any atom is -0.406 e. The molecule has 0 aliphatic carbocycles. The minimum absolute atomic E-state index is 0.0259. The molecule has 3 rings (SSSR count). The zero-order valence-electron chi connectivity index (χ0n) is 13.1. The third-order valence-electron chi connectivity index (χ3n) is 3.31. The zero-order chi connectivity index (χ0) is 18.0. The fourth-order valence-electron chi connectivity index (χ4n) is 2.41. The van der Waals surface area contributed by atoms with Crippen molar-refractivity contribution in [3.05, 3.63) is 54.1 Å². The summed E-state index contributed by atoms with van der Waals surface area (Å²) in [5, 5.41) is 7.76. The van der Waals surface area contributed by atoms with Gasteiger partial charge in [0.2, 0.25) is 5.95 Å². The Bertz CT molecular complexity index is 898. The van der Waals surface area contributed by atoms with Crippen LogP contribution in [-0.2, 0) is 0 Å². The van der Waals surface area contributed by atoms with Crippen molar-refractivity contribution >= 4 is 5.95 Å². The van der Waals surface area contributed by atoms with Crippen LogP contribution in [0.15, 0.2) is 48.5 Å². The standard InChI is InChI=1S/C17H13F3N4O/c1-10-7-12(9-13(8-10)25-17(18,19)20)15-14(22-16(21)24-23-15)11-5-3-2-4-6-11/h2-9H,1H3,(H2,21,22,24). The van der Waals surface area contributed by atoms with Crippen LogP contribution in [0.2, 0.25) is 0 Å². The van der Waals surface area contributed by atoms with Gasteiger partial charge in [-0.05, 0) is 30.7 Å². The SMILES string of the molecule is Cc1cc(OC(F)(F)F)cc(-c2nnc(N)nc2-c2ccccc2)c1. The van der Waals surface area contributed by atoms with E-state index in [1.54, 1.807) is 25.1 Å². The van der Waals surface area contributed by atoms with E-state index in [0.29, 0.717) is 22.5 Å². The molecule has 5 nitrogen and oxygen atoms in total. The predicted molar refractivity (Wildman–Crippen MR) is 86.5 cm³/mol. The maximum atomic E-state index is 12.5. The molecule has 0 aliphatic rings. The second-order valence-corrected chi connectivity index (χ2v) is 5.32. The van der Waals surface area contributed by atoms with Crippen LogP contribution in [0.4, 0.5) is 19.1 Å². The summed E-state index contributed by atoms with van der Waals surface area (Å²) in [4.78, 5) is 4.19. The van der Waals surface area contributed by atoms with Crippen molar-refractivity contribution < 1.29 is 17.9 Å². The van der Waals surface area contributed by atoms with E-state index in [9.17, 15) is 13.2 Å². The second-order valence-electron chi connectivity index (χ2n) is 5.32. The highest BCUT2D eigenvalue weighted by molar-refractivity contribution is 5.78. The van der Waals surface area contributed by atoms with Crippen LogP contribution in [0.25, 0.3) is 22.5 Å². The molecular weight excluding hydrogens is 333 g/mol. The molecule has 25 heavy (non-hydrogen) atoms. The maximum Gasteiger partial charge on any atom is 0.573 e. The summed E-state index contributed by atoms with van der Waals surface area (Å²) in [6.45, 7) is 1.66. The lowest BCUT2D eigenvalue weighted by molar-refractivity contribution is -0.274. The van der Waals surface area contributed by atoms with Gasteiger partial charge in [0.15, 0.2) is 0 Å². The van der Waals surface area contributed by atoms with E-state index in [2.05, 4.69) is 19.9 Å². The van der Waals surface area contributed by atoms with Gasteiger partial charge in [-0.2, -0.15) is 0 Å². The summed E-state index contributed by atoms with van der Waals surface area (Å²) in [7, 11) is 0. The number of ether oxygens (including phenoxy) is 1. The number of rotatable bonds is 3. The number of aryl methyl sites for hydroxylation is 1. The number of anilines is 1. The van der Waals surface area contributed by atoms with Crippen LogP contribution in [-0.4, -0.2) is 21.5 Å². The molecule has 0 saturated carbocycles. The molecule has 2 N–H and O–H groups in total. The highest BCUT2D eigenvalue weighted by Gasteiger charge is 2.31. The van der Waals surface area contributed by atoms with Gasteiger partial charge in [0.25, 0.3) is 0 Å². The normalized spacial score (nSPS) is 11.4. The topological polar surface area (TPSA) is 73.9 Å². The number of nitrogen functional groups attached to an aromatic ring is 1. The maximum absolute atomic E-state index is 12.5. The van der Waals surface area contributed by atoms with Gasteiger partial charge in [0, 0.05) is 11.1 Å². The van der Waals surface area contributed by atoms with Gasteiger partial charge in [-0.15, -0.1) is 23.4 Å². The molecule has 8 heteroatoms. The van der Waals surface area contributed by atoms with E-state index in [1.807, 2.05) is 18.2 Å². The highest BCUT2D eigenvalue weighted by atomic mass is 19.4. The Labute approximate surface area is 141 Å². The van der Waals surface area contributed by atoms with Crippen LogP contribution in [0.1, 0.15) is 5.56 Å².